The molecule has 2 rings (SSSR count). The Morgan fingerprint density at radius 3 is 2.69 bits per heavy atom. The number of aliphatic carboxylic acids is 1. The van der Waals surface area contributed by atoms with Crippen molar-refractivity contribution < 1.29 is 23.1 Å². The molecular weight excluding hydrogens is 223 g/mol. The fraction of sp³-hybridized carbons (Fsp3) is 0.900. The summed E-state index contributed by atoms with van der Waals surface area (Å²) < 4.78 is 36.7. The smallest absolute Gasteiger partial charge is 0.401 e. The minimum Gasteiger partial charge on any atom is -0.481 e. The summed E-state index contributed by atoms with van der Waals surface area (Å²) in [6, 6.07) is 0. The number of carboxylic acid groups (broad SMARTS) is 1. The van der Waals surface area contributed by atoms with E-state index in [9.17, 15) is 23.1 Å². The first-order valence-electron chi connectivity index (χ1n) is 5.36. The molecule has 0 aromatic rings. The van der Waals surface area contributed by atoms with Crippen LogP contribution in [0.5, 0.6) is 0 Å². The number of carboxylic acids is 1. The highest BCUT2D eigenvalue weighted by molar-refractivity contribution is 5.76. The Hall–Kier alpha value is -0.780. The number of hydrogen-bond acceptors (Lipinski definition) is 2. The predicted molar refractivity (Wildman–Crippen MR) is 49.9 cm³/mol. The first-order chi connectivity index (χ1) is 7.33. The van der Waals surface area contributed by atoms with Crippen LogP contribution in [-0.4, -0.2) is 41.8 Å². The van der Waals surface area contributed by atoms with Gasteiger partial charge in [0.2, 0.25) is 0 Å². The lowest BCUT2D eigenvalue weighted by Crippen LogP contribution is -2.38. The Bertz CT molecular complexity index is 305. The summed E-state index contributed by atoms with van der Waals surface area (Å²) in [5.41, 5.74) is -0.911. The van der Waals surface area contributed by atoms with Gasteiger partial charge in [0.25, 0.3) is 0 Å². The second-order valence-electron chi connectivity index (χ2n) is 4.84. The van der Waals surface area contributed by atoms with Crippen molar-refractivity contribution in [1.82, 2.24) is 4.90 Å². The van der Waals surface area contributed by atoms with Crippen LogP contribution >= 0.6 is 0 Å². The van der Waals surface area contributed by atoms with Crippen LogP contribution in [0.25, 0.3) is 0 Å². The van der Waals surface area contributed by atoms with Gasteiger partial charge in [-0.2, -0.15) is 13.2 Å². The van der Waals surface area contributed by atoms with Gasteiger partial charge in [-0.3, -0.25) is 9.69 Å². The molecule has 2 atom stereocenters. The quantitative estimate of drug-likeness (QED) is 0.795. The third kappa shape index (κ3) is 1.90. The number of rotatable bonds is 2. The number of hydrogen-bond donors (Lipinski definition) is 1. The molecule has 0 unspecified atom stereocenters. The summed E-state index contributed by atoms with van der Waals surface area (Å²) in [6.07, 6.45) is -2.17. The monoisotopic (exact) mass is 237 g/mol. The first-order valence-corrected chi connectivity index (χ1v) is 5.36. The summed E-state index contributed by atoms with van der Waals surface area (Å²) in [7, 11) is 0. The highest BCUT2D eigenvalue weighted by Crippen LogP contribution is 2.49. The Kier molecular flexibility index (Phi) is 2.64. The minimum atomic E-state index is -4.24. The lowest BCUT2D eigenvalue weighted by atomic mass is 9.81. The molecule has 0 aromatic heterocycles. The number of nitrogens with zero attached hydrogens (tertiary/aromatic N) is 1. The van der Waals surface area contributed by atoms with E-state index in [-0.39, 0.29) is 19.0 Å². The molecule has 0 radical (unpaired) electrons. The van der Waals surface area contributed by atoms with Crippen molar-refractivity contribution in [3.8, 4) is 0 Å². The average molecular weight is 237 g/mol. The van der Waals surface area contributed by atoms with Gasteiger partial charge in [0.05, 0.1) is 12.0 Å². The Labute approximate surface area is 91.2 Å². The molecule has 2 aliphatic rings. The van der Waals surface area contributed by atoms with Crippen molar-refractivity contribution in [2.24, 2.45) is 11.3 Å². The van der Waals surface area contributed by atoms with Crippen LogP contribution in [0.4, 0.5) is 13.2 Å². The SMILES string of the molecule is O=C(O)[C@@]12CCC[C@H]1CN(CC(F)(F)F)C2. The van der Waals surface area contributed by atoms with Crippen LogP contribution in [0, 0.1) is 11.3 Å². The molecule has 1 aliphatic heterocycles. The Morgan fingerprint density at radius 2 is 2.19 bits per heavy atom. The summed E-state index contributed by atoms with van der Waals surface area (Å²) in [6.45, 7) is -0.670. The van der Waals surface area contributed by atoms with Gasteiger partial charge in [-0.05, 0) is 18.8 Å². The van der Waals surface area contributed by atoms with Crippen LogP contribution in [0.3, 0.4) is 0 Å². The van der Waals surface area contributed by atoms with Crippen molar-refractivity contribution in [3.05, 3.63) is 0 Å². The minimum absolute atomic E-state index is 0.0481. The molecule has 2 fully saturated rings. The second-order valence-corrected chi connectivity index (χ2v) is 4.84. The Balaban J connectivity index is 2.08. The molecule has 0 amide bonds. The lowest BCUT2D eigenvalue weighted by molar-refractivity contribution is -0.153. The zero-order chi connectivity index (χ0) is 12.0. The molecular formula is C10H14F3NO2. The maximum atomic E-state index is 12.2. The van der Waals surface area contributed by atoms with Gasteiger partial charge in [-0.15, -0.1) is 0 Å². The molecule has 3 nitrogen and oxygen atoms in total. The maximum Gasteiger partial charge on any atom is 0.401 e. The summed E-state index contributed by atoms with van der Waals surface area (Å²) in [5.74, 6) is -1.04. The Morgan fingerprint density at radius 1 is 1.50 bits per heavy atom. The molecule has 0 aromatic carbocycles. The fourth-order valence-corrected chi connectivity index (χ4v) is 3.12. The van der Waals surface area contributed by atoms with Gasteiger partial charge in [0.1, 0.15) is 0 Å². The molecule has 1 aliphatic carbocycles. The molecule has 92 valence electrons. The first kappa shape index (κ1) is 11.7. The van der Waals surface area contributed by atoms with Crippen molar-refractivity contribution in [2.75, 3.05) is 19.6 Å². The fourth-order valence-electron chi connectivity index (χ4n) is 3.12. The zero-order valence-corrected chi connectivity index (χ0v) is 8.76. The molecule has 16 heavy (non-hydrogen) atoms. The van der Waals surface area contributed by atoms with E-state index in [0.29, 0.717) is 6.42 Å². The number of alkyl halides is 3. The van der Waals surface area contributed by atoms with Crippen LogP contribution in [0.2, 0.25) is 0 Å². The number of halogens is 3. The van der Waals surface area contributed by atoms with Crippen molar-refractivity contribution in [2.45, 2.75) is 25.4 Å². The van der Waals surface area contributed by atoms with Gasteiger partial charge in [-0.25, -0.2) is 0 Å². The third-order valence-corrected chi connectivity index (χ3v) is 3.77. The van der Waals surface area contributed by atoms with Crippen molar-refractivity contribution in [3.63, 3.8) is 0 Å². The highest BCUT2D eigenvalue weighted by Gasteiger charge is 2.55. The normalized spacial score (nSPS) is 35.3. The molecule has 0 spiro atoms. The molecule has 0 bridgehead atoms. The van der Waals surface area contributed by atoms with E-state index >= 15 is 0 Å². The van der Waals surface area contributed by atoms with E-state index in [1.54, 1.807) is 0 Å². The molecule has 1 saturated heterocycles. The van der Waals surface area contributed by atoms with Crippen LogP contribution in [0.15, 0.2) is 0 Å². The van der Waals surface area contributed by atoms with Crippen molar-refractivity contribution >= 4 is 5.97 Å². The zero-order valence-electron chi connectivity index (χ0n) is 8.76. The maximum absolute atomic E-state index is 12.2. The van der Waals surface area contributed by atoms with Crippen molar-refractivity contribution in [1.29, 1.82) is 0 Å². The molecule has 6 heteroatoms. The van der Waals surface area contributed by atoms with E-state index < -0.39 is 24.1 Å². The van der Waals surface area contributed by atoms with Gasteiger partial charge < -0.3 is 5.11 Å². The van der Waals surface area contributed by atoms with Gasteiger partial charge in [0, 0.05) is 13.1 Å². The van der Waals surface area contributed by atoms with Gasteiger partial charge >= 0.3 is 12.1 Å². The van der Waals surface area contributed by atoms with Crippen LogP contribution < -0.4 is 0 Å². The standard InChI is InChI=1S/C10H14F3NO2/c11-10(12,13)6-14-4-7-2-1-3-9(7,5-14)8(15)16/h7H,1-6H2,(H,15,16)/t7-,9+/m0/s1. The van der Waals surface area contributed by atoms with Gasteiger partial charge in [0.15, 0.2) is 0 Å². The van der Waals surface area contributed by atoms with E-state index in [2.05, 4.69) is 0 Å². The second kappa shape index (κ2) is 3.61. The van der Waals surface area contributed by atoms with Gasteiger partial charge in [-0.1, -0.05) is 6.42 Å². The van der Waals surface area contributed by atoms with E-state index in [0.717, 1.165) is 12.8 Å². The lowest BCUT2D eigenvalue weighted by Gasteiger charge is -2.23. The molecule has 1 saturated carbocycles. The summed E-state index contributed by atoms with van der Waals surface area (Å²) >= 11 is 0. The third-order valence-electron chi connectivity index (χ3n) is 3.77. The molecule has 1 N–H and O–H groups in total. The van der Waals surface area contributed by atoms with E-state index in [1.807, 2.05) is 0 Å². The average Bonchev–Trinajstić information content (AvgIpc) is 2.56. The predicted octanol–water partition coefficient (Wildman–Crippen LogP) is 1.74. The number of carbonyl (C=O) groups is 1. The van der Waals surface area contributed by atoms with E-state index in [1.165, 1.54) is 4.90 Å². The van der Waals surface area contributed by atoms with E-state index in [4.69, 9.17) is 0 Å². The topological polar surface area (TPSA) is 40.5 Å². The highest BCUT2D eigenvalue weighted by atomic mass is 19.4. The number of fused-ring (bicyclic) bond motifs is 1. The van der Waals surface area contributed by atoms with Crippen LogP contribution in [0.1, 0.15) is 19.3 Å². The van der Waals surface area contributed by atoms with Crippen LogP contribution in [-0.2, 0) is 4.79 Å². The number of likely N-dealkylation sites (tertiary alicyclic amines) is 1. The summed E-state index contributed by atoms with van der Waals surface area (Å²) in [4.78, 5) is 12.4. The molecule has 1 heterocycles. The summed E-state index contributed by atoms with van der Waals surface area (Å²) in [5, 5.41) is 9.18. The largest absolute Gasteiger partial charge is 0.481 e.